The molecule has 2 aromatic carbocycles. The van der Waals surface area contributed by atoms with Gasteiger partial charge in [0.2, 0.25) is 0 Å². The number of ether oxygens (including phenoxy) is 2. The van der Waals surface area contributed by atoms with E-state index in [0.29, 0.717) is 35.5 Å². The van der Waals surface area contributed by atoms with E-state index in [4.69, 9.17) is 21.1 Å². The van der Waals surface area contributed by atoms with Crippen LogP contribution in [0.25, 0.3) is 0 Å². The van der Waals surface area contributed by atoms with Crippen molar-refractivity contribution in [2.45, 2.75) is 26.7 Å². The molecule has 2 rings (SSSR count). The van der Waals surface area contributed by atoms with Crippen LogP contribution >= 0.6 is 11.6 Å². The molecule has 0 saturated carbocycles. The molecule has 0 unspecified atom stereocenters. The Morgan fingerprint density at radius 1 is 1.19 bits per heavy atom. The predicted molar refractivity (Wildman–Crippen MR) is 106 cm³/mol. The lowest BCUT2D eigenvalue weighted by molar-refractivity contribution is 0.247. The average Bonchev–Trinajstić information content (AvgIpc) is 2.62. The standard InChI is InChI=1S/C20H25ClN2O3/c1-13(2)15-5-7-16(8-6-15)26-10-9-22-20(24)23-18-11-14(3)17(21)12-19(18)25-4/h5-8,11-13H,9-10H2,1-4H3,(H2,22,23,24). The fraction of sp³-hybridized carbons (Fsp3) is 0.350. The van der Waals surface area contributed by atoms with Crippen LogP contribution in [-0.4, -0.2) is 26.3 Å². The van der Waals surface area contributed by atoms with Crippen LogP contribution in [0.2, 0.25) is 5.02 Å². The first-order valence-corrected chi connectivity index (χ1v) is 8.90. The van der Waals surface area contributed by atoms with Crippen LogP contribution in [0.4, 0.5) is 10.5 Å². The Bertz CT molecular complexity index is 745. The molecule has 0 atom stereocenters. The highest BCUT2D eigenvalue weighted by molar-refractivity contribution is 6.31. The number of rotatable bonds is 7. The first-order valence-electron chi connectivity index (χ1n) is 8.52. The van der Waals surface area contributed by atoms with Gasteiger partial charge in [-0.25, -0.2) is 4.79 Å². The van der Waals surface area contributed by atoms with Crippen LogP contribution in [0.1, 0.15) is 30.9 Å². The lowest BCUT2D eigenvalue weighted by Crippen LogP contribution is -2.32. The number of carbonyl (C=O) groups is 1. The molecular formula is C20H25ClN2O3. The van der Waals surface area contributed by atoms with E-state index < -0.39 is 0 Å². The number of amides is 2. The molecule has 0 saturated heterocycles. The van der Waals surface area contributed by atoms with E-state index >= 15 is 0 Å². The van der Waals surface area contributed by atoms with Crippen molar-refractivity contribution >= 4 is 23.3 Å². The molecular weight excluding hydrogens is 352 g/mol. The van der Waals surface area contributed by atoms with Gasteiger partial charge in [-0.3, -0.25) is 0 Å². The summed E-state index contributed by atoms with van der Waals surface area (Å²) >= 11 is 6.06. The predicted octanol–water partition coefficient (Wildman–Crippen LogP) is 4.98. The third kappa shape index (κ3) is 5.56. The van der Waals surface area contributed by atoms with E-state index in [-0.39, 0.29) is 6.03 Å². The molecule has 0 aliphatic heterocycles. The van der Waals surface area contributed by atoms with E-state index in [0.717, 1.165) is 11.3 Å². The second kappa shape index (κ2) is 9.34. The molecule has 0 aliphatic rings. The summed E-state index contributed by atoms with van der Waals surface area (Å²) in [4.78, 5) is 12.0. The second-order valence-electron chi connectivity index (χ2n) is 6.25. The van der Waals surface area contributed by atoms with Gasteiger partial charge in [-0.2, -0.15) is 0 Å². The van der Waals surface area contributed by atoms with Gasteiger partial charge in [0.15, 0.2) is 0 Å². The second-order valence-corrected chi connectivity index (χ2v) is 6.66. The quantitative estimate of drug-likeness (QED) is 0.670. The third-order valence-electron chi connectivity index (χ3n) is 3.93. The molecule has 2 aromatic rings. The molecule has 0 heterocycles. The Morgan fingerprint density at radius 3 is 2.50 bits per heavy atom. The van der Waals surface area contributed by atoms with Crippen LogP contribution in [0.3, 0.4) is 0 Å². The van der Waals surface area contributed by atoms with E-state index in [1.54, 1.807) is 12.1 Å². The molecule has 26 heavy (non-hydrogen) atoms. The summed E-state index contributed by atoms with van der Waals surface area (Å²) < 4.78 is 10.9. The molecule has 0 radical (unpaired) electrons. The molecule has 6 heteroatoms. The minimum absolute atomic E-state index is 0.330. The highest BCUT2D eigenvalue weighted by atomic mass is 35.5. The minimum atomic E-state index is -0.330. The molecule has 2 N–H and O–H groups in total. The first kappa shape index (κ1) is 19.9. The number of nitrogens with one attached hydrogen (secondary N) is 2. The van der Waals surface area contributed by atoms with Crippen LogP contribution in [0.5, 0.6) is 11.5 Å². The maximum atomic E-state index is 12.0. The SMILES string of the molecule is COc1cc(Cl)c(C)cc1NC(=O)NCCOc1ccc(C(C)C)cc1. The largest absolute Gasteiger partial charge is 0.495 e. The van der Waals surface area contributed by atoms with E-state index in [1.807, 2.05) is 19.1 Å². The van der Waals surface area contributed by atoms with Crippen molar-refractivity contribution in [2.24, 2.45) is 0 Å². The van der Waals surface area contributed by atoms with Gasteiger partial charge < -0.3 is 20.1 Å². The Morgan fingerprint density at radius 2 is 1.88 bits per heavy atom. The summed E-state index contributed by atoms with van der Waals surface area (Å²) in [7, 11) is 1.53. The molecule has 5 nitrogen and oxygen atoms in total. The number of methoxy groups -OCH3 is 1. The highest BCUT2D eigenvalue weighted by Gasteiger charge is 2.10. The van der Waals surface area contributed by atoms with Crippen molar-refractivity contribution in [3.63, 3.8) is 0 Å². The number of hydrogen-bond acceptors (Lipinski definition) is 3. The Labute approximate surface area is 159 Å². The van der Waals surface area contributed by atoms with Crippen molar-refractivity contribution in [1.82, 2.24) is 5.32 Å². The van der Waals surface area contributed by atoms with Crippen LogP contribution < -0.4 is 20.1 Å². The van der Waals surface area contributed by atoms with Crippen molar-refractivity contribution < 1.29 is 14.3 Å². The van der Waals surface area contributed by atoms with Crippen LogP contribution in [-0.2, 0) is 0 Å². The Balaban J connectivity index is 1.79. The molecule has 2 amide bonds. The lowest BCUT2D eigenvalue weighted by Gasteiger charge is -2.13. The molecule has 0 aliphatic carbocycles. The van der Waals surface area contributed by atoms with Gasteiger partial charge in [0.05, 0.1) is 19.3 Å². The summed E-state index contributed by atoms with van der Waals surface area (Å²) in [5.74, 6) is 1.78. The van der Waals surface area contributed by atoms with Crippen molar-refractivity contribution in [3.05, 3.63) is 52.5 Å². The smallest absolute Gasteiger partial charge is 0.319 e. The van der Waals surface area contributed by atoms with Gasteiger partial charge in [-0.05, 0) is 42.2 Å². The van der Waals surface area contributed by atoms with Gasteiger partial charge in [-0.15, -0.1) is 0 Å². The monoisotopic (exact) mass is 376 g/mol. The number of carbonyl (C=O) groups excluding carboxylic acids is 1. The number of urea groups is 1. The highest BCUT2D eigenvalue weighted by Crippen LogP contribution is 2.30. The number of anilines is 1. The van der Waals surface area contributed by atoms with Crippen molar-refractivity contribution in [2.75, 3.05) is 25.6 Å². The fourth-order valence-electron chi connectivity index (χ4n) is 2.38. The summed E-state index contributed by atoms with van der Waals surface area (Å²) in [6.07, 6.45) is 0. The molecule has 140 valence electrons. The number of halogens is 1. The third-order valence-corrected chi connectivity index (χ3v) is 4.34. The molecule has 0 spiro atoms. The van der Waals surface area contributed by atoms with Crippen molar-refractivity contribution in [3.8, 4) is 11.5 Å². The van der Waals surface area contributed by atoms with Gasteiger partial charge in [-0.1, -0.05) is 37.6 Å². The Kier molecular flexibility index (Phi) is 7.16. The van der Waals surface area contributed by atoms with Gasteiger partial charge in [0, 0.05) is 11.1 Å². The minimum Gasteiger partial charge on any atom is -0.495 e. The number of aryl methyl sites for hydroxylation is 1. The van der Waals surface area contributed by atoms with Gasteiger partial charge >= 0.3 is 6.03 Å². The normalized spacial score (nSPS) is 10.5. The summed E-state index contributed by atoms with van der Waals surface area (Å²) in [5.41, 5.74) is 2.69. The first-order chi connectivity index (χ1) is 12.4. The zero-order valence-corrected chi connectivity index (χ0v) is 16.3. The molecule has 0 fully saturated rings. The summed E-state index contributed by atoms with van der Waals surface area (Å²) in [6, 6.07) is 11.1. The summed E-state index contributed by atoms with van der Waals surface area (Å²) in [5, 5.41) is 6.10. The zero-order chi connectivity index (χ0) is 19.1. The number of hydrogen-bond donors (Lipinski definition) is 2. The van der Waals surface area contributed by atoms with E-state index in [9.17, 15) is 4.79 Å². The zero-order valence-electron chi connectivity index (χ0n) is 15.6. The fourth-order valence-corrected chi connectivity index (χ4v) is 2.53. The maximum absolute atomic E-state index is 12.0. The molecule has 0 aromatic heterocycles. The van der Waals surface area contributed by atoms with Crippen LogP contribution in [0.15, 0.2) is 36.4 Å². The summed E-state index contributed by atoms with van der Waals surface area (Å²) in [6.45, 7) is 6.92. The average molecular weight is 377 g/mol. The molecule has 0 bridgehead atoms. The van der Waals surface area contributed by atoms with Crippen molar-refractivity contribution in [1.29, 1.82) is 0 Å². The maximum Gasteiger partial charge on any atom is 0.319 e. The van der Waals surface area contributed by atoms with E-state index in [2.05, 4.69) is 36.6 Å². The number of benzene rings is 2. The topological polar surface area (TPSA) is 59.6 Å². The van der Waals surface area contributed by atoms with E-state index in [1.165, 1.54) is 12.7 Å². The van der Waals surface area contributed by atoms with Gasteiger partial charge in [0.1, 0.15) is 18.1 Å². The van der Waals surface area contributed by atoms with Crippen LogP contribution in [0, 0.1) is 6.92 Å². The lowest BCUT2D eigenvalue weighted by atomic mass is 10.0. The van der Waals surface area contributed by atoms with Gasteiger partial charge in [0.25, 0.3) is 0 Å². The Hall–Kier alpha value is -2.40.